The molecule has 1 N–H and O–H groups in total. The summed E-state index contributed by atoms with van der Waals surface area (Å²) in [7, 11) is 3.90. The lowest BCUT2D eigenvalue weighted by atomic mass is 10.0. The number of carbonyl (C=O) groups is 1. The number of rotatable bonds is 6. The van der Waals surface area contributed by atoms with Crippen molar-refractivity contribution in [2.75, 3.05) is 19.0 Å². The second-order valence-electron chi connectivity index (χ2n) is 7.69. The van der Waals surface area contributed by atoms with Crippen LogP contribution in [-0.4, -0.2) is 25.0 Å². The first-order valence-electron chi connectivity index (χ1n) is 10.1. The fourth-order valence-electron chi connectivity index (χ4n) is 3.52. The third-order valence-electron chi connectivity index (χ3n) is 5.30. The Kier molecular flexibility index (Phi) is 5.58. The molecule has 31 heavy (non-hydrogen) atoms. The standard InChI is InChI=1S/C26H23NO4/c1-27(2)19-11-9-18(10-12-19)25-15-24(30)21-14-20(23(29)16-26(21)31-25)22(28)13-8-17-6-4-3-5-7-17/h3-7,9-12,14-16,29H,8,13H2,1-2H3. The summed E-state index contributed by atoms with van der Waals surface area (Å²) < 4.78 is 5.89. The summed E-state index contributed by atoms with van der Waals surface area (Å²) in [6, 6.07) is 21.5. The average molecular weight is 413 g/mol. The fraction of sp³-hybridized carbons (Fsp3) is 0.154. The quantitative estimate of drug-likeness (QED) is 0.448. The van der Waals surface area contributed by atoms with Crippen molar-refractivity contribution < 1.29 is 14.3 Å². The number of nitrogens with zero attached hydrogens (tertiary/aromatic N) is 1. The molecule has 156 valence electrons. The van der Waals surface area contributed by atoms with Gasteiger partial charge in [0.1, 0.15) is 17.1 Å². The summed E-state index contributed by atoms with van der Waals surface area (Å²) in [6.07, 6.45) is 0.804. The van der Waals surface area contributed by atoms with Gasteiger partial charge in [-0.25, -0.2) is 0 Å². The first-order valence-corrected chi connectivity index (χ1v) is 10.1. The number of ketones is 1. The minimum atomic E-state index is -0.259. The molecule has 0 aliphatic heterocycles. The number of hydrogen-bond donors (Lipinski definition) is 1. The Hall–Kier alpha value is -3.86. The van der Waals surface area contributed by atoms with E-state index in [0.29, 0.717) is 12.2 Å². The van der Waals surface area contributed by atoms with Crippen LogP contribution in [-0.2, 0) is 6.42 Å². The Morgan fingerprint density at radius 2 is 1.68 bits per heavy atom. The maximum atomic E-state index is 12.8. The predicted molar refractivity (Wildman–Crippen MR) is 123 cm³/mol. The van der Waals surface area contributed by atoms with E-state index in [1.807, 2.05) is 73.6 Å². The van der Waals surface area contributed by atoms with E-state index < -0.39 is 0 Å². The van der Waals surface area contributed by atoms with Crippen LogP contribution in [0.1, 0.15) is 22.3 Å². The molecule has 0 unspecified atom stereocenters. The zero-order chi connectivity index (χ0) is 22.0. The van der Waals surface area contributed by atoms with E-state index in [1.54, 1.807) is 0 Å². The molecule has 0 saturated heterocycles. The molecule has 0 aliphatic rings. The first-order chi connectivity index (χ1) is 14.9. The van der Waals surface area contributed by atoms with Gasteiger partial charge in [0.25, 0.3) is 0 Å². The molecular weight excluding hydrogens is 390 g/mol. The van der Waals surface area contributed by atoms with E-state index in [0.717, 1.165) is 16.8 Å². The van der Waals surface area contributed by atoms with Crippen LogP contribution in [0.4, 0.5) is 5.69 Å². The number of benzene rings is 3. The van der Waals surface area contributed by atoms with Gasteiger partial charge in [0.05, 0.1) is 10.9 Å². The number of anilines is 1. The van der Waals surface area contributed by atoms with E-state index in [-0.39, 0.29) is 39.9 Å². The van der Waals surface area contributed by atoms with Crippen molar-refractivity contribution in [3.05, 3.63) is 94.1 Å². The summed E-state index contributed by atoms with van der Waals surface area (Å²) in [4.78, 5) is 27.4. The maximum Gasteiger partial charge on any atom is 0.193 e. The molecule has 0 spiro atoms. The first kappa shape index (κ1) is 20.4. The highest BCUT2D eigenvalue weighted by atomic mass is 16.3. The smallest absolute Gasteiger partial charge is 0.193 e. The molecule has 0 amide bonds. The van der Waals surface area contributed by atoms with Gasteiger partial charge in [0.2, 0.25) is 0 Å². The highest BCUT2D eigenvalue weighted by Gasteiger charge is 2.16. The molecule has 0 fully saturated rings. The summed E-state index contributed by atoms with van der Waals surface area (Å²) in [6.45, 7) is 0. The third-order valence-corrected chi connectivity index (χ3v) is 5.30. The van der Waals surface area contributed by atoms with Crippen LogP contribution >= 0.6 is 0 Å². The van der Waals surface area contributed by atoms with Gasteiger partial charge in [0.15, 0.2) is 11.2 Å². The van der Waals surface area contributed by atoms with Crippen molar-refractivity contribution in [3.8, 4) is 17.1 Å². The topological polar surface area (TPSA) is 70.8 Å². The molecule has 5 heteroatoms. The van der Waals surface area contributed by atoms with Crippen molar-refractivity contribution in [2.24, 2.45) is 0 Å². The molecule has 1 aromatic heterocycles. The van der Waals surface area contributed by atoms with E-state index in [9.17, 15) is 14.7 Å². The lowest BCUT2D eigenvalue weighted by Crippen LogP contribution is -2.08. The Labute approximate surface area is 180 Å². The van der Waals surface area contributed by atoms with Gasteiger partial charge in [-0.05, 0) is 42.3 Å². The van der Waals surface area contributed by atoms with Gasteiger partial charge in [-0.1, -0.05) is 30.3 Å². The van der Waals surface area contributed by atoms with Crippen molar-refractivity contribution in [3.63, 3.8) is 0 Å². The van der Waals surface area contributed by atoms with E-state index in [1.165, 1.54) is 18.2 Å². The molecule has 0 radical (unpaired) electrons. The minimum absolute atomic E-state index is 0.138. The largest absolute Gasteiger partial charge is 0.507 e. The zero-order valence-corrected chi connectivity index (χ0v) is 17.5. The van der Waals surface area contributed by atoms with Crippen LogP contribution in [0.25, 0.3) is 22.3 Å². The van der Waals surface area contributed by atoms with Gasteiger partial charge in [-0.2, -0.15) is 0 Å². The number of aromatic hydroxyl groups is 1. The van der Waals surface area contributed by atoms with Gasteiger partial charge in [0, 0.05) is 43.9 Å². The zero-order valence-electron chi connectivity index (χ0n) is 17.5. The number of carbonyl (C=O) groups excluding carboxylic acids is 1. The molecule has 0 saturated carbocycles. The summed E-state index contributed by atoms with van der Waals surface area (Å²) in [5.41, 5.74) is 2.95. The van der Waals surface area contributed by atoms with E-state index in [4.69, 9.17) is 4.42 Å². The second kappa shape index (κ2) is 8.48. The van der Waals surface area contributed by atoms with Crippen molar-refractivity contribution in [2.45, 2.75) is 12.8 Å². The van der Waals surface area contributed by atoms with Gasteiger partial charge in [-0.3, -0.25) is 9.59 Å². The maximum absolute atomic E-state index is 12.8. The molecule has 4 rings (SSSR count). The minimum Gasteiger partial charge on any atom is -0.507 e. The number of fused-ring (bicyclic) bond motifs is 1. The molecule has 0 aliphatic carbocycles. The van der Waals surface area contributed by atoms with Crippen molar-refractivity contribution in [1.29, 1.82) is 0 Å². The Morgan fingerprint density at radius 3 is 2.35 bits per heavy atom. The molecule has 3 aromatic carbocycles. The fourth-order valence-corrected chi connectivity index (χ4v) is 3.52. The van der Waals surface area contributed by atoms with Crippen LogP contribution in [0, 0.1) is 0 Å². The number of aryl methyl sites for hydroxylation is 1. The SMILES string of the molecule is CN(C)c1ccc(-c2cc(=O)c3cc(C(=O)CCc4ccccc4)c(O)cc3o2)cc1. The van der Waals surface area contributed by atoms with E-state index in [2.05, 4.69) is 0 Å². The Bertz CT molecular complexity index is 1290. The number of Topliss-reactive ketones (excluding diaryl/α,β-unsaturated/α-hetero) is 1. The molecule has 0 atom stereocenters. The normalized spacial score (nSPS) is 10.9. The van der Waals surface area contributed by atoms with Gasteiger partial charge in [-0.15, -0.1) is 0 Å². The molecule has 0 bridgehead atoms. The second-order valence-corrected chi connectivity index (χ2v) is 7.69. The molecule has 1 heterocycles. The van der Waals surface area contributed by atoms with Gasteiger partial charge >= 0.3 is 0 Å². The Morgan fingerprint density at radius 1 is 0.968 bits per heavy atom. The van der Waals surface area contributed by atoms with Crippen molar-refractivity contribution >= 4 is 22.4 Å². The van der Waals surface area contributed by atoms with Crippen LogP contribution < -0.4 is 10.3 Å². The van der Waals surface area contributed by atoms with Crippen LogP contribution in [0.5, 0.6) is 5.75 Å². The van der Waals surface area contributed by atoms with Gasteiger partial charge < -0.3 is 14.4 Å². The monoisotopic (exact) mass is 413 g/mol. The summed E-state index contributed by atoms with van der Waals surface area (Å²) >= 11 is 0. The van der Waals surface area contributed by atoms with E-state index >= 15 is 0 Å². The highest BCUT2D eigenvalue weighted by molar-refractivity contribution is 6.02. The average Bonchev–Trinajstić information content (AvgIpc) is 2.77. The summed E-state index contributed by atoms with van der Waals surface area (Å²) in [5, 5.41) is 10.7. The predicted octanol–water partition coefficient (Wildman–Crippen LogP) is 5.05. The molecular formula is C26H23NO4. The molecule has 5 nitrogen and oxygen atoms in total. The lowest BCUT2D eigenvalue weighted by Gasteiger charge is -2.12. The van der Waals surface area contributed by atoms with Crippen LogP contribution in [0.2, 0.25) is 0 Å². The summed E-state index contributed by atoms with van der Waals surface area (Å²) in [5.74, 6) is 0.00480. The number of phenolic OH excluding ortho intramolecular Hbond substituents is 1. The van der Waals surface area contributed by atoms with Crippen LogP contribution in [0.3, 0.4) is 0 Å². The van der Waals surface area contributed by atoms with Crippen molar-refractivity contribution in [1.82, 2.24) is 0 Å². The lowest BCUT2D eigenvalue weighted by molar-refractivity contribution is 0.0980. The number of phenols is 1. The highest BCUT2D eigenvalue weighted by Crippen LogP contribution is 2.29. The molecule has 4 aromatic rings. The Balaban J connectivity index is 1.64. The number of hydrogen-bond acceptors (Lipinski definition) is 5. The third kappa shape index (κ3) is 4.36. The van der Waals surface area contributed by atoms with Crippen LogP contribution in [0.15, 0.2) is 82.0 Å².